The highest BCUT2D eigenvalue weighted by atomic mass is 15.2. The van der Waals surface area contributed by atoms with Crippen molar-refractivity contribution >= 4 is 143 Å². The van der Waals surface area contributed by atoms with Crippen LogP contribution in [-0.4, -0.2) is 6.71 Å². The van der Waals surface area contributed by atoms with Gasteiger partial charge in [0.15, 0.2) is 0 Å². The SMILES string of the molecule is CC(C)(C)c1cc(N2c3cc(-c4ccc5cc6ccccc6cc5c4)cc4c3B(c3cc5ccc6cccc7ccc(c32)c5c67)c2cc3ccc5cccc6ccc(c2N4c2cc(C(C)(C)C)cc(C(C)(C)C)c2)c3c56)cc(C(C)(C)C)c1. The van der Waals surface area contributed by atoms with Gasteiger partial charge in [0.05, 0.1) is 0 Å². The molecule has 0 N–H and O–H groups in total. The Kier molecular flexibility index (Phi) is 10.3. The van der Waals surface area contributed by atoms with Crippen LogP contribution >= 0.6 is 0 Å². The summed E-state index contributed by atoms with van der Waals surface area (Å²) in [5, 5.41) is 20.5. The van der Waals surface area contributed by atoms with Gasteiger partial charge < -0.3 is 9.80 Å². The second-order valence-corrected chi connectivity index (χ2v) is 28.7. The van der Waals surface area contributed by atoms with Gasteiger partial charge in [0.2, 0.25) is 0 Å². The average molecular weight is 1070 g/mol. The molecule has 14 aromatic rings. The summed E-state index contributed by atoms with van der Waals surface area (Å²) in [7, 11) is 0. The van der Waals surface area contributed by atoms with Crippen molar-refractivity contribution in [3.63, 3.8) is 0 Å². The van der Waals surface area contributed by atoms with Crippen LogP contribution in [0.15, 0.2) is 200 Å². The molecule has 0 saturated carbocycles. The van der Waals surface area contributed by atoms with Crippen molar-refractivity contribution in [3.8, 4) is 11.1 Å². The van der Waals surface area contributed by atoms with E-state index < -0.39 is 0 Å². The quantitative estimate of drug-likeness (QED) is 0.0988. The van der Waals surface area contributed by atoms with E-state index in [1.54, 1.807) is 0 Å². The van der Waals surface area contributed by atoms with Crippen LogP contribution in [0.4, 0.5) is 34.1 Å². The zero-order chi connectivity index (χ0) is 57.0. The average Bonchev–Trinajstić information content (AvgIpc) is 1.06. The molecule has 0 saturated heterocycles. The predicted octanol–water partition coefficient (Wildman–Crippen LogP) is 20.7. The number of rotatable bonds is 3. The van der Waals surface area contributed by atoms with Gasteiger partial charge >= 0.3 is 0 Å². The molecule has 0 fully saturated rings. The Morgan fingerprint density at radius 2 is 0.639 bits per heavy atom. The van der Waals surface area contributed by atoms with Gasteiger partial charge in [-0.3, -0.25) is 0 Å². The summed E-state index contributed by atoms with van der Waals surface area (Å²) in [6.07, 6.45) is 0. The fourth-order valence-electron chi connectivity index (χ4n) is 14.6. The minimum Gasteiger partial charge on any atom is -0.311 e. The van der Waals surface area contributed by atoms with Gasteiger partial charge in [0.25, 0.3) is 6.71 Å². The number of nitrogens with zero attached hydrogens (tertiary/aromatic N) is 2. The maximum atomic E-state index is 2.74. The van der Waals surface area contributed by atoms with E-state index >= 15 is 0 Å². The van der Waals surface area contributed by atoms with Crippen molar-refractivity contribution in [1.82, 2.24) is 0 Å². The maximum absolute atomic E-state index is 2.74. The summed E-state index contributed by atoms with van der Waals surface area (Å²) >= 11 is 0. The van der Waals surface area contributed by atoms with Gasteiger partial charge in [-0.1, -0.05) is 229 Å². The first-order valence-corrected chi connectivity index (χ1v) is 30.1. The van der Waals surface area contributed by atoms with Crippen molar-refractivity contribution in [2.24, 2.45) is 0 Å². The minimum absolute atomic E-state index is 0.116. The number of hydrogen-bond acceptors (Lipinski definition) is 2. The molecular formula is C80H69BN2. The van der Waals surface area contributed by atoms with E-state index in [4.69, 9.17) is 0 Å². The molecule has 2 aliphatic heterocycles. The Labute approximate surface area is 488 Å². The van der Waals surface area contributed by atoms with Crippen LogP contribution < -0.4 is 26.2 Å². The van der Waals surface area contributed by atoms with Crippen molar-refractivity contribution < 1.29 is 0 Å². The predicted molar refractivity (Wildman–Crippen MR) is 363 cm³/mol. The highest BCUT2D eigenvalue weighted by Gasteiger charge is 2.46. The molecule has 0 atom stereocenters. The van der Waals surface area contributed by atoms with Crippen LogP contribution in [0.2, 0.25) is 0 Å². The zero-order valence-electron chi connectivity index (χ0n) is 50.0. The van der Waals surface area contributed by atoms with E-state index in [0.29, 0.717) is 0 Å². The van der Waals surface area contributed by atoms with Crippen LogP contribution in [0.25, 0.3) is 97.3 Å². The molecular weight excluding hydrogens is 1000 g/mol. The van der Waals surface area contributed by atoms with Crippen molar-refractivity contribution in [3.05, 3.63) is 222 Å². The summed E-state index contributed by atoms with van der Waals surface area (Å²) in [6, 6.07) is 79.0. The summed E-state index contributed by atoms with van der Waals surface area (Å²) in [5.41, 5.74) is 18.6. The monoisotopic (exact) mass is 1070 g/mol. The highest BCUT2D eigenvalue weighted by Crippen LogP contribution is 2.53. The number of fused-ring (bicyclic) bond motifs is 8. The molecule has 0 unspecified atom stereocenters. The Hall–Kier alpha value is -8.66. The van der Waals surface area contributed by atoms with Gasteiger partial charge in [-0.15, -0.1) is 0 Å². The van der Waals surface area contributed by atoms with Crippen LogP contribution in [-0.2, 0) is 21.7 Å². The Bertz CT molecular complexity index is 4740. The molecule has 0 amide bonds. The van der Waals surface area contributed by atoms with Gasteiger partial charge in [0, 0.05) is 44.9 Å². The van der Waals surface area contributed by atoms with Gasteiger partial charge in [0.1, 0.15) is 0 Å². The number of benzene rings is 14. The van der Waals surface area contributed by atoms with Crippen molar-refractivity contribution in [2.75, 3.05) is 9.80 Å². The minimum atomic E-state index is -0.126. The van der Waals surface area contributed by atoms with Crippen LogP contribution in [0, 0.1) is 0 Å². The van der Waals surface area contributed by atoms with Gasteiger partial charge in [-0.25, -0.2) is 0 Å². The number of hydrogen-bond donors (Lipinski definition) is 0. The molecule has 83 heavy (non-hydrogen) atoms. The first kappa shape index (κ1) is 50.1. The van der Waals surface area contributed by atoms with Gasteiger partial charge in [-0.05, 0) is 201 Å². The molecule has 16 rings (SSSR count). The Balaban J connectivity index is 1.12. The summed E-state index contributed by atoms with van der Waals surface area (Å²) in [6.45, 7) is 28.4. The third-order valence-corrected chi connectivity index (χ3v) is 19.1. The molecule has 0 aromatic heterocycles. The fraction of sp³-hybridized carbons (Fsp3) is 0.200. The summed E-state index contributed by atoms with van der Waals surface area (Å²) in [4.78, 5) is 5.47. The van der Waals surface area contributed by atoms with Crippen LogP contribution in [0.1, 0.15) is 105 Å². The molecule has 3 heteroatoms. The van der Waals surface area contributed by atoms with Crippen LogP contribution in [0.3, 0.4) is 0 Å². The Morgan fingerprint density at radius 1 is 0.277 bits per heavy atom. The van der Waals surface area contributed by atoms with E-state index in [1.807, 2.05) is 0 Å². The standard InChI is InChI=1S/C80H69BN2/c1-77(2,3)58-40-59(78(4,5)6)43-62(42-58)82-68-38-57(53-26-25-52-33-50-17-13-14-18-51(50)34-56(52)35-53)39-69-74(68)81(66-36-54-27-23-46-19-15-21-48-29-31-64(75(66)82)72(54)70(46)48)67-37-55-28-24-47-20-16-22-49-30-32-65(73(55)71(47)49)76(67)83(69)63-44-60(79(7,8)9)41-61(45-63)80(10,11)12/h13-45H,1-12H3. The molecule has 2 nitrogen and oxygen atoms in total. The molecule has 2 aliphatic rings. The lowest BCUT2D eigenvalue weighted by Crippen LogP contribution is -2.61. The van der Waals surface area contributed by atoms with Gasteiger partial charge in [-0.2, -0.15) is 0 Å². The molecule has 0 radical (unpaired) electrons. The van der Waals surface area contributed by atoms with Crippen LogP contribution in [0.5, 0.6) is 0 Å². The summed E-state index contributed by atoms with van der Waals surface area (Å²) < 4.78 is 0. The zero-order valence-corrected chi connectivity index (χ0v) is 50.0. The van der Waals surface area contributed by atoms with E-state index in [-0.39, 0.29) is 28.4 Å². The molecule has 2 heterocycles. The van der Waals surface area contributed by atoms with Crippen molar-refractivity contribution in [2.45, 2.75) is 105 Å². The van der Waals surface area contributed by atoms with E-state index in [9.17, 15) is 0 Å². The molecule has 0 bridgehead atoms. The third kappa shape index (κ3) is 7.48. The van der Waals surface area contributed by atoms with Crippen molar-refractivity contribution in [1.29, 1.82) is 0 Å². The first-order chi connectivity index (χ1) is 39.6. The lowest BCUT2D eigenvalue weighted by Gasteiger charge is -2.46. The molecule has 14 aromatic carbocycles. The maximum Gasteiger partial charge on any atom is 0.252 e. The molecule has 402 valence electrons. The number of anilines is 6. The largest absolute Gasteiger partial charge is 0.311 e. The van der Waals surface area contributed by atoms with E-state index in [0.717, 1.165) is 0 Å². The lowest BCUT2D eigenvalue weighted by molar-refractivity contribution is 0.568. The highest BCUT2D eigenvalue weighted by molar-refractivity contribution is 7.01. The lowest BCUT2D eigenvalue weighted by atomic mass is 9.33. The molecule has 0 aliphatic carbocycles. The second kappa shape index (κ2) is 17.0. The topological polar surface area (TPSA) is 6.48 Å². The Morgan fingerprint density at radius 3 is 1.06 bits per heavy atom. The summed E-state index contributed by atoms with van der Waals surface area (Å²) in [5.74, 6) is 0. The van der Waals surface area contributed by atoms with E-state index in [1.165, 1.54) is 170 Å². The third-order valence-electron chi connectivity index (χ3n) is 19.1. The normalized spacial score (nSPS) is 14.0. The molecule has 0 spiro atoms. The van der Waals surface area contributed by atoms with E-state index in [2.05, 4.69) is 293 Å². The first-order valence-electron chi connectivity index (χ1n) is 30.1. The second-order valence-electron chi connectivity index (χ2n) is 28.7. The fourth-order valence-corrected chi connectivity index (χ4v) is 14.6. The smallest absolute Gasteiger partial charge is 0.252 e.